The highest BCUT2D eigenvalue weighted by atomic mass is 79.9. The molecule has 0 amide bonds. The summed E-state index contributed by atoms with van der Waals surface area (Å²) in [6.45, 7) is 9.05. The fourth-order valence-corrected chi connectivity index (χ4v) is 1.74. The molecule has 0 bridgehead atoms. The molecule has 0 saturated carbocycles. The number of halogens is 1. The number of hydrogen-bond donors (Lipinski definition) is 1. The zero-order valence-corrected chi connectivity index (χ0v) is 11.2. The lowest BCUT2D eigenvalue weighted by Gasteiger charge is -2.07. The van der Waals surface area contributed by atoms with Crippen molar-refractivity contribution in [2.75, 3.05) is 19.7 Å². The van der Waals surface area contributed by atoms with E-state index >= 15 is 0 Å². The van der Waals surface area contributed by atoms with E-state index in [-0.39, 0.29) is 0 Å². The molecule has 3 heteroatoms. The first kappa shape index (κ1) is 13.4. The summed E-state index contributed by atoms with van der Waals surface area (Å²) < 4.78 is 6.66. The summed E-state index contributed by atoms with van der Waals surface area (Å²) in [6, 6.07) is 8.13. The minimum Gasteiger partial charge on any atom is -0.372 e. The van der Waals surface area contributed by atoms with Gasteiger partial charge in [0, 0.05) is 11.0 Å². The van der Waals surface area contributed by atoms with E-state index in [0.29, 0.717) is 13.2 Å². The van der Waals surface area contributed by atoms with Gasteiger partial charge in [-0.05, 0) is 29.8 Å². The summed E-state index contributed by atoms with van der Waals surface area (Å²) >= 11 is 3.43. The number of likely N-dealkylation sites (N-methyl/N-ethyl adjacent to an activating group) is 1. The molecule has 88 valence electrons. The Bertz CT molecular complexity index is 338. The highest BCUT2D eigenvalue weighted by Gasteiger charge is 1.96. The van der Waals surface area contributed by atoms with E-state index in [0.717, 1.165) is 23.1 Å². The van der Waals surface area contributed by atoms with Crippen LogP contribution in [0.25, 0.3) is 0 Å². The zero-order chi connectivity index (χ0) is 11.8. The highest BCUT2D eigenvalue weighted by Crippen LogP contribution is 2.12. The van der Waals surface area contributed by atoms with E-state index in [1.165, 1.54) is 5.56 Å². The van der Waals surface area contributed by atoms with E-state index in [9.17, 15) is 0 Å². The molecule has 0 aliphatic rings. The molecule has 0 heterocycles. The van der Waals surface area contributed by atoms with Gasteiger partial charge >= 0.3 is 0 Å². The van der Waals surface area contributed by atoms with Gasteiger partial charge in [-0.15, -0.1) is 0 Å². The Morgan fingerprint density at radius 1 is 1.50 bits per heavy atom. The smallest absolute Gasteiger partial charge is 0.0721 e. The number of benzene rings is 1. The molecular weight excluding hydrogens is 266 g/mol. The predicted octanol–water partition coefficient (Wildman–Crippen LogP) is 3.13. The topological polar surface area (TPSA) is 21.3 Å². The van der Waals surface area contributed by atoms with Gasteiger partial charge in [-0.1, -0.05) is 41.6 Å². The third kappa shape index (κ3) is 5.45. The van der Waals surface area contributed by atoms with Gasteiger partial charge in [0.05, 0.1) is 13.2 Å². The Hall–Kier alpha value is -0.640. The van der Waals surface area contributed by atoms with Crippen molar-refractivity contribution < 1.29 is 4.74 Å². The van der Waals surface area contributed by atoms with Crippen molar-refractivity contribution in [3.8, 4) is 0 Å². The maximum atomic E-state index is 5.57. The quantitative estimate of drug-likeness (QED) is 0.777. The minimum atomic E-state index is 0.611. The summed E-state index contributed by atoms with van der Waals surface area (Å²) in [5, 5.41) is 3.22. The molecule has 0 fully saturated rings. The fourth-order valence-electron chi connectivity index (χ4n) is 1.29. The van der Waals surface area contributed by atoms with Crippen LogP contribution in [0.15, 0.2) is 40.9 Å². The predicted molar refractivity (Wildman–Crippen MR) is 71.5 cm³/mol. The van der Waals surface area contributed by atoms with Gasteiger partial charge in [-0.2, -0.15) is 0 Å². The van der Waals surface area contributed by atoms with Crippen LogP contribution in [0.1, 0.15) is 12.5 Å². The first-order valence-corrected chi connectivity index (χ1v) is 6.21. The lowest BCUT2D eigenvalue weighted by molar-refractivity contribution is 0.141. The molecule has 0 atom stereocenters. The maximum absolute atomic E-state index is 5.57. The van der Waals surface area contributed by atoms with E-state index in [4.69, 9.17) is 4.74 Å². The second-order valence-corrected chi connectivity index (χ2v) is 4.57. The Kier molecular flexibility index (Phi) is 6.38. The molecule has 0 aliphatic carbocycles. The third-order valence-electron chi connectivity index (χ3n) is 2.09. The van der Waals surface area contributed by atoms with Gasteiger partial charge in [0.15, 0.2) is 0 Å². The minimum absolute atomic E-state index is 0.611. The van der Waals surface area contributed by atoms with E-state index in [1.807, 2.05) is 12.1 Å². The molecule has 1 aromatic carbocycles. The van der Waals surface area contributed by atoms with Crippen LogP contribution in [0, 0.1) is 0 Å². The lowest BCUT2D eigenvalue weighted by Crippen LogP contribution is -2.17. The van der Waals surface area contributed by atoms with Crippen molar-refractivity contribution in [3.05, 3.63) is 46.5 Å². The summed E-state index contributed by atoms with van der Waals surface area (Å²) in [5.41, 5.74) is 2.25. The van der Waals surface area contributed by atoms with Gasteiger partial charge in [0.25, 0.3) is 0 Å². The average molecular weight is 284 g/mol. The summed E-state index contributed by atoms with van der Waals surface area (Å²) in [5.74, 6) is 0. The molecule has 0 spiro atoms. The molecule has 16 heavy (non-hydrogen) atoms. The van der Waals surface area contributed by atoms with Crippen molar-refractivity contribution in [1.82, 2.24) is 5.32 Å². The number of hydrogen-bond acceptors (Lipinski definition) is 2. The first-order valence-electron chi connectivity index (χ1n) is 5.42. The van der Waals surface area contributed by atoms with Crippen LogP contribution in [0.3, 0.4) is 0 Å². The monoisotopic (exact) mass is 283 g/mol. The van der Waals surface area contributed by atoms with Gasteiger partial charge in [0.1, 0.15) is 0 Å². The number of ether oxygens (including phenoxy) is 1. The second kappa shape index (κ2) is 7.60. The molecule has 0 aliphatic heterocycles. The van der Waals surface area contributed by atoms with Gasteiger partial charge < -0.3 is 10.1 Å². The van der Waals surface area contributed by atoms with Gasteiger partial charge in [0.2, 0.25) is 0 Å². The molecule has 0 radical (unpaired) electrons. The molecule has 1 aromatic rings. The molecule has 2 nitrogen and oxygen atoms in total. The molecule has 0 saturated heterocycles. The van der Waals surface area contributed by atoms with E-state index < -0.39 is 0 Å². The van der Waals surface area contributed by atoms with Crippen LogP contribution in [0.2, 0.25) is 0 Å². The third-order valence-corrected chi connectivity index (χ3v) is 2.58. The van der Waals surface area contributed by atoms with Gasteiger partial charge in [-0.3, -0.25) is 0 Å². The highest BCUT2D eigenvalue weighted by molar-refractivity contribution is 9.10. The average Bonchev–Trinajstić information content (AvgIpc) is 2.26. The van der Waals surface area contributed by atoms with Crippen molar-refractivity contribution in [1.29, 1.82) is 0 Å². The Morgan fingerprint density at radius 3 is 3.00 bits per heavy atom. The van der Waals surface area contributed by atoms with Crippen LogP contribution in [0.4, 0.5) is 0 Å². The second-order valence-electron chi connectivity index (χ2n) is 3.65. The lowest BCUT2D eigenvalue weighted by atomic mass is 10.2. The van der Waals surface area contributed by atoms with Crippen LogP contribution in [-0.2, 0) is 11.3 Å². The standard InChI is InChI=1S/C13H18BrNO/c1-3-15-8-11(2)9-16-10-12-5-4-6-13(14)7-12/h4-7,15H,2-3,8-10H2,1H3. The number of nitrogens with one attached hydrogen (secondary N) is 1. The fraction of sp³-hybridized carbons (Fsp3) is 0.385. The Balaban J connectivity index is 2.22. The zero-order valence-electron chi connectivity index (χ0n) is 9.63. The maximum Gasteiger partial charge on any atom is 0.0721 e. The van der Waals surface area contributed by atoms with Crippen molar-refractivity contribution in [3.63, 3.8) is 0 Å². The summed E-state index contributed by atoms with van der Waals surface area (Å²) in [7, 11) is 0. The number of rotatable bonds is 7. The first-order chi connectivity index (χ1) is 7.72. The molecule has 1 N–H and O–H groups in total. The molecular formula is C13H18BrNO. The molecule has 0 aromatic heterocycles. The van der Waals surface area contributed by atoms with Crippen LogP contribution < -0.4 is 5.32 Å². The Morgan fingerprint density at radius 2 is 2.31 bits per heavy atom. The van der Waals surface area contributed by atoms with Crippen LogP contribution >= 0.6 is 15.9 Å². The van der Waals surface area contributed by atoms with E-state index in [1.54, 1.807) is 0 Å². The summed E-state index contributed by atoms with van der Waals surface area (Å²) in [4.78, 5) is 0. The van der Waals surface area contributed by atoms with Gasteiger partial charge in [-0.25, -0.2) is 0 Å². The van der Waals surface area contributed by atoms with E-state index in [2.05, 4.69) is 46.9 Å². The normalized spacial score (nSPS) is 10.4. The largest absolute Gasteiger partial charge is 0.372 e. The SMILES string of the molecule is C=C(CNCC)COCc1cccc(Br)c1. The molecule has 1 rings (SSSR count). The van der Waals surface area contributed by atoms with Crippen molar-refractivity contribution in [2.45, 2.75) is 13.5 Å². The van der Waals surface area contributed by atoms with Crippen molar-refractivity contribution in [2.24, 2.45) is 0 Å². The Labute approximate surface area is 106 Å². The molecule has 0 unspecified atom stereocenters. The summed E-state index contributed by atoms with van der Waals surface area (Å²) in [6.07, 6.45) is 0. The van der Waals surface area contributed by atoms with Crippen molar-refractivity contribution >= 4 is 15.9 Å². The van der Waals surface area contributed by atoms with Crippen LogP contribution in [-0.4, -0.2) is 19.7 Å². The van der Waals surface area contributed by atoms with Crippen LogP contribution in [0.5, 0.6) is 0 Å².